The normalized spacial score (nSPS) is 11.4. The van der Waals surface area contributed by atoms with Crippen LogP contribution in [0, 0.1) is 0 Å². The van der Waals surface area contributed by atoms with E-state index < -0.39 is 6.09 Å². The standard InChI is InChI=1S/C19H24N2O2/c1-14(2)15-11-12-17(21(3,4)5)18(13-15)23-19(22)20-16-9-7-6-8-10-16/h6-14H,1-5H3/p+1. The lowest BCUT2D eigenvalue weighted by atomic mass is 10.0. The Labute approximate surface area is 138 Å². The molecule has 2 rings (SSSR count). The van der Waals surface area contributed by atoms with E-state index in [1.54, 1.807) is 0 Å². The van der Waals surface area contributed by atoms with E-state index in [2.05, 4.69) is 25.2 Å². The summed E-state index contributed by atoms with van der Waals surface area (Å²) in [6.45, 7) is 4.24. The zero-order valence-corrected chi connectivity index (χ0v) is 14.5. The lowest BCUT2D eigenvalue weighted by Crippen LogP contribution is -2.35. The van der Waals surface area contributed by atoms with Gasteiger partial charge in [0.1, 0.15) is 0 Å². The summed E-state index contributed by atoms with van der Waals surface area (Å²) in [5.74, 6) is 0.966. The van der Waals surface area contributed by atoms with E-state index in [-0.39, 0.29) is 0 Å². The first-order valence-corrected chi connectivity index (χ1v) is 7.77. The number of hydrogen-bond acceptors (Lipinski definition) is 2. The van der Waals surface area contributed by atoms with Crippen LogP contribution >= 0.6 is 0 Å². The Kier molecular flexibility index (Phi) is 5.06. The van der Waals surface area contributed by atoms with Gasteiger partial charge in [0.15, 0.2) is 11.4 Å². The van der Waals surface area contributed by atoms with Crippen LogP contribution in [0.3, 0.4) is 0 Å². The fourth-order valence-electron chi connectivity index (χ4n) is 2.29. The van der Waals surface area contributed by atoms with Gasteiger partial charge in [0.05, 0.1) is 21.1 Å². The molecule has 0 unspecified atom stereocenters. The number of carbonyl (C=O) groups excluding carboxylic acids is 1. The third-order valence-electron chi connectivity index (χ3n) is 3.60. The third kappa shape index (κ3) is 4.57. The molecule has 23 heavy (non-hydrogen) atoms. The number of ether oxygens (including phenoxy) is 1. The van der Waals surface area contributed by atoms with Crippen LogP contribution in [0.25, 0.3) is 0 Å². The number of nitrogens with one attached hydrogen (secondary N) is 1. The molecule has 0 aromatic heterocycles. The number of anilines is 1. The maximum absolute atomic E-state index is 12.2. The molecule has 2 aromatic rings. The lowest BCUT2D eigenvalue weighted by molar-refractivity contribution is 0.214. The second-order valence-corrected chi connectivity index (χ2v) is 6.77. The Morgan fingerprint density at radius 3 is 2.26 bits per heavy atom. The minimum atomic E-state index is -0.480. The van der Waals surface area contributed by atoms with Crippen LogP contribution in [0.2, 0.25) is 0 Å². The van der Waals surface area contributed by atoms with E-state index in [0.29, 0.717) is 21.8 Å². The van der Waals surface area contributed by atoms with E-state index in [4.69, 9.17) is 4.74 Å². The first-order chi connectivity index (χ1) is 10.8. The molecule has 0 heterocycles. The number of hydrogen-bond donors (Lipinski definition) is 1. The lowest BCUT2D eigenvalue weighted by Gasteiger charge is -2.26. The predicted octanol–water partition coefficient (Wildman–Crippen LogP) is 4.62. The minimum Gasteiger partial charge on any atom is -0.404 e. The van der Waals surface area contributed by atoms with Crippen LogP contribution in [0.4, 0.5) is 16.2 Å². The molecule has 0 atom stereocenters. The van der Waals surface area contributed by atoms with Gasteiger partial charge in [-0.2, -0.15) is 0 Å². The largest absolute Gasteiger partial charge is 0.417 e. The Hall–Kier alpha value is -2.33. The molecule has 1 N–H and O–H groups in total. The van der Waals surface area contributed by atoms with Gasteiger partial charge in [-0.15, -0.1) is 0 Å². The number of amides is 1. The highest BCUT2D eigenvalue weighted by Gasteiger charge is 2.22. The van der Waals surface area contributed by atoms with Crippen molar-refractivity contribution in [3.63, 3.8) is 0 Å². The molecular formula is C19H25N2O2+. The van der Waals surface area contributed by atoms with Crippen molar-refractivity contribution in [1.29, 1.82) is 0 Å². The Morgan fingerprint density at radius 2 is 1.70 bits per heavy atom. The van der Waals surface area contributed by atoms with Crippen molar-refractivity contribution in [1.82, 2.24) is 4.48 Å². The van der Waals surface area contributed by atoms with Crippen LogP contribution in [-0.2, 0) is 0 Å². The van der Waals surface area contributed by atoms with Gasteiger partial charge in [0.25, 0.3) is 0 Å². The molecule has 2 aromatic carbocycles. The number of rotatable bonds is 4. The van der Waals surface area contributed by atoms with Gasteiger partial charge in [-0.05, 0) is 29.7 Å². The first-order valence-electron chi connectivity index (χ1n) is 7.77. The van der Waals surface area contributed by atoms with Crippen molar-refractivity contribution >= 4 is 17.5 Å². The van der Waals surface area contributed by atoms with E-state index in [1.807, 2.05) is 63.6 Å². The van der Waals surface area contributed by atoms with Gasteiger partial charge >= 0.3 is 6.09 Å². The number of quaternary nitrogens is 1. The average molecular weight is 313 g/mol. The second kappa shape index (κ2) is 6.84. The summed E-state index contributed by atoms with van der Waals surface area (Å²) in [7, 11) is 6.14. The highest BCUT2D eigenvalue weighted by Crippen LogP contribution is 2.33. The van der Waals surface area contributed by atoms with Crippen molar-refractivity contribution in [2.75, 3.05) is 26.5 Å². The number of nitrogens with zero attached hydrogens (tertiary/aromatic N) is 1. The highest BCUT2D eigenvalue weighted by atomic mass is 16.6. The maximum atomic E-state index is 12.2. The molecule has 4 nitrogen and oxygen atoms in total. The monoisotopic (exact) mass is 313 g/mol. The van der Waals surface area contributed by atoms with Gasteiger partial charge in [-0.3, -0.25) is 9.80 Å². The summed E-state index contributed by atoms with van der Waals surface area (Å²) < 4.78 is 6.18. The Bertz CT molecular complexity index is 674. The van der Waals surface area contributed by atoms with Crippen molar-refractivity contribution in [2.45, 2.75) is 19.8 Å². The smallest absolute Gasteiger partial charge is 0.404 e. The summed E-state index contributed by atoms with van der Waals surface area (Å²) in [5, 5.41) is 2.75. The predicted molar refractivity (Wildman–Crippen MR) is 96.2 cm³/mol. The summed E-state index contributed by atoms with van der Waals surface area (Å²) in [6, 6.07) is 15.4. The minimum absolute atomic E-state index is 0.371. The van der Waals surface area contributed by atoms with Crippen LogP contribution in [0.15, 0.2) is 48.5 Å². The van der Waals surface area contributed by atoms with Crippen molar-refractivity contribution in [2.24, 2.45) is 0 Å². The summed E-state index contributed by atoms with van der Waals surface area (Å²) in [6.07, 6.45) is -0.480. The Morgan fingerprint density at radius 1 is 1.04 bits per heavy atom. The van der Waals surface area contributed by atoms with Gasteiger partial charge in [0, 0.05) is 11.8 Å². The maximum Gasteiger partial charge on any atom is 0.417 e. The molecule has 0 aliphatic rings. The topological polar surface area (TPSA) is 38.3 Å². The molecule has 4 heteroatoms. The SMILES string of the molecule is CC(C)c1ccc([N+](C)(C)C)c(OC(=O)Nc2ccccc2)c1. The number of para-hydroxylation sites is 1. The van der Waals surface area contributed by atoms with Crippen molar-refractivity contribution in [3.05, 3.63) is 54.1 Å². The molecule has 1 amide bonds. The summed E-state index contributed by atoms with van der Waals surface area (Å²) >= 11 is 0. The molecule has 0 bridgehead atoms. The molecule has 0 saturated heterocycles. The molecule has 0 spiro atoms. The van der Waals surface area contributed by atoms with E-state index >= 15 is 0 Å². The summed E-state index contributed by atoms with van der Waals surface area (Å²) in [5.41, 5.74) is 2.81. The van der Waals surface area contributed by atoms with Gasteiger partial charge in [0.2, 0.25) is 0 Å². The molecular weight excluding hydrogens is 288 g/mol. The van der Waals surface area contributed by atoms with Crippen molar-refractivity contribution in [3.8, 4) is 5.75 Å². The van der Waals surface area contributed by atoms with Crippen molar-refractivity contribution < 1.29 is 9.53 Å². The molecule has 0 aliphatic heterocycles. The quantitative estimate of drug-likeness (QED) is 0.837. The highest BCUT2D eigenvalue weighted by molar-refractivity contribution is 5.87. The average Bonchev–Trinajstić information content (AvgIpc) is 2.46. The zero-order chi connectivity index (χ0) is 17.0. The van der Waals surface area contributed by atoms with E-state index in [9.17, 15) is 4.79 Å². The van der Waals surface area contributed by atoms with E-state index in [1.165, 1.54) is 0 Å². The van der Waals surface area contributed by atoms with E-state index in [0.717, 1.165) is 11.3 Å². The number of carbonyl (C=O) groups is 1. The molecule has 0 aliphatic carbocycles. The van der Waals surface area contributed by atoms with Crippen LogP contribution in [0.1, 0.15) is 25.3 Å². The fraction of sp³-hybridized carbons (Fsp3) is 0.316. The second-order valence-electron chi connectivity index (χ2n) is 6.77. The van der Waals surface area contributed by atoms with Gasteiger partial charge < -0.3 is 4.74 Å². The van der Waals surface area contributed by atoms with Gasteiger partial charge in [-0.25, -0.2) is 4.79 Å². The molecule has 122 valence electrons. The van der Waals surface area contributed by atoms with Crippen LogP contribution < -0.4 is 14.5 Å². The Balaban J connectivity index is 2.26. The molecule has 0 saturated carbocycles. The van der Waals surface area contributed by atoms with Crippen LogP contribution in [-0.4, -0.2) is 27.2 Å². The zero-order valence-electron chi connectivity index (χ0n) is 14.5. The van der Waals surface area contributed by atoms with Crippen LogP contribution in [0.5, 0.6) is 5.75 Å². The first kappa shape index (κ1) is 17.0. The number of benzene rings is 2. The molecule has 0 fully saturated rings. The third-order valence-corrected chi connectivity index (χ3v) is 3.60. The summed E-state index contributed by atoms with van der Waals surface area (Å²) in [4.78, 5) is 12.2. The molecule has 0 radical (unpaired) electrons. The fourth-order valence-corrected chi connectivity index (χ4v) is 2.29. The van der Waals surface area contributed by atoms with Gasteiger partial charge in [-0.1, -0.05) is 38.1 Å².